The fraction of sp³-hybridized carbons (Fsp3) is 0.360. The molecular weight excluding hydrogens is 463 g/mol. The van der Waals surface area contributed by atoms with Crippen LogP contribution in [-0.2, 0) is 12.8 Å². The molecule has 3 aromatic rings. The molecule has 4 rings (SSSR count). The average Bonchev–Trinajstić information content (AvgIpc) is 3.33. The van der Waals surface area contributed by atoms with Crippen LogP contribution in [0.15, 0.2) is 52.9 Å². The summed E-state index contributed by atoms with van der Waals surface area (Å²) in [5, 5.41) is 19.7. The SMILES string of the molecule is CCN(O)C(=O)N1CCC(c2nc(-c3ccc(C(F)(F)F)cc3)c(-c3ccc(CO)cc3)o2)CC1. The number of oxazole rings is 1. The van der Waals surface area contributed by atoms with E-state index in [9.17, 15) is 28.3 Å². The van der Waals surface area contributed by atoms with Gasteiger partial charge in [-0.15, -0.1) is 0 Å². The Morgan fingerprint density at radius 3 is 2.23 bits per heavy atom. The number of alkyl halides is 3. The van der Waals surface area contributed by atoms with Crippen molar-refractivity contribution in [2.75, 3.05) is 19.6 Å². The maximum Gasteiger partial charge on any atom is 0.416 e. The molecule has 0 bridgehead atoms. The quantitative estimate of drug-likeness (QED) is 0.363. The highest BCUT2D eigenvalue weighted by atomic mass is 19.4. The summed E-state index contributed by atoms with van der Waals surface area (Å²) >= 11 is 0. The van der Waals surface area contributed by atoms with Gasteiger partial charge in [-0.25, -0.2) is 14.8 Å². The van der Waals surface area contributed by atoms with Crippen LogP contribution >= 0.6 is 0 Å². The zero-order chi connectivity index (χ0) is 25.2. The summed E-state index contributed by atoms with van der Waals surface area (Å²) in [6.07, 6.45) is -3.30. The molecule has 1 fully saturated rings. The second-order valence-corrected chi connectivity index (χ2v) is 8.42. The van der Waals surface area contributed by atoms with Crippen LogP contribution < -0.4 is 0 Å². The molecule has 0 radical (unpaired) electrons. The first-order valence-electron chi connectivity index (χ1n) is 11.3. The van der Waals surface area contributed by atoms with E-state index in [2.05, 4.69) is 4.98 Å². The molecule has 1 aliphatic rings. The van der Waals surface area contributed by atoms with Gasteiger partial charge in [-0.2, -0.15) is 13.2 Å². The minimum atomic E-state index is -4.44. The predicted molar refractivity (Wildman–Crippen MR) is 121 cm³/mol. The Hall–Kier alpha value is -3.37. The maximum absolute atomic E-state index is 13.0. The summed E-state index contributed by atoms with van der Waals surface area (Å²) in [6, 6.07) is 11.3. The smallest absolute Gasteiger partial charge is 0.416 e. The number of aliphatic hydroxyl groups is 1. The summed E-state index contributed by atoms with van der Waals surface area (Å²) in [4.78, 5) is 18.5. The molecule has 0 aliphatic carbocycles. The van der Waals surface area contributed by atoms with Crippen LogP contribution in [0.25, 0.3) is 22.6 Å². The van der Waals surface area contributed by atoms with Gasteiger partial charge < -0.3 is 14.4 Å². The molecular formula is C25H26F3N3O4. The van der Waals surface area contributed by atoms with Crippen molar-refractivity contribution in [2.24, 2.45) is 0 Å². The van der Waals surface area contributed by atoms with Crippen molar-refractivity contribution >= 4 is 6.03 Å². The highest BCUT2D eigenvalue weighted by Crippen LogP contribution is 2.38. The predicted octanol–water partition coefficient (Wildman–Crippen LogP) is 5.53. The van der Waals surface area contributed by atoms with Gasteiger partial charge in [0, 0.05) is 36.7 Å². The monoisotopic (exact) mass is 489 g/mol. The van der Waals surface area contributed by atoms with Crippen molar-refractivity contribution in [3.05, 3.63) is 65.5 Å². The Bertz CT molecular complexity index is 1150. The first-order chi connectivity index (χ1) is 16.7. The van der Waals surface area contributed by atoms with E-state index in [1.165, 1.54) is 12.1 Å². The number of rotatable bonds is 5. The van der Waals surface area contributed by atoms with Crippen LogP contribution in [0.4, 0.5) is 18.0 Å². The number of benzene rings is 2. The van der Waals surface area contributed by atoms with Crippen molar-refractivity contribution < 1.29 is 32.7 Å². The number of piperidine rings is 1. The van der Waals surface area contributed by atoms with Crippen LogP contribution in [0, 0.1) is 0 Å². The first kappa shape index (κ1) is 24.7. The molecule has 186 valence electrons. The third-order valence-electron chi connectivity index (χ3n) is 6.16. The van der Waals surface area contributed by atoms with Gasteiger partial charge in [-0.1, -0.05) is 36.4 Å². The summed E-state index contributed by atoms with van der Waals surface area (Å²) in [5.74, 6) is 0.784. The number of hydrogen-bond acceptors (Lipinski definition) is 5. The summed E-state index contributed by atoms with van der Waals surface area (Å²) < 4.78 is 45.3. The molecule has 0 atom stereocenters. The lowest BCUT2D eigenvalue weighted by Gasteiger charge is -2.32. The number of hydroxylamine groups is 2. The number of amides is 2. The molecule has 0 saturated carbocycles. The van der Waals surface area contributed by atoms with Crippen LogP contribution in [-0.4, -0.2) is 50.9 Å². The van der Waals surface area contributed by atoms with E-state index >= 15 is 0 Å². The Labute approximate surface area is 200 Å². The topological polar surface area (TPSA) is 90.0 Å². The lowest BCUT2D eigenvalue weighted by Crippen LogP contribution is -2.45. The van der Waals surface area contributed by atoms with Crippen molar-refractivity contribution in [3.63, 3.8) is 0 Å². The number of aromatic nitrogens is 1. The molecule has 35 heavy (non-hydrogen) atoms. The van der Waals surface area contributed by atoms with E-state index in [0.29, 0.717) is 65.0 Å². The number of likely N-dealkylation sites (tertiary alicyclic amines) is 1. The number of hydrogen-bond donors (Lipinski definition) is 2. The Balaban J connectivity index is 1.64. The second-order valence-electron chi connectivity index (χ2n) is 8.42. The van der Waals surface area contributed by atoms with Crippen molar-refractivity contribution in [1.82, 2.24) is 14.9 Å². The van der Waals surface area contributed by atoms with Gasteiger partial charge in [-0.3, -0.25) is 5.21 Å². The zero-order valence-corrected chi connectivity index (χ0v) is 19.1. The van der Waals surface area contributed by atoms with E-state index < -0.39 is 17.8 Å². The van der Waals surface area contributed by atoms with E-state index in [-0.39, 0.29) is 19.1 Å². The van der Waals surface area contributed by atoms with Crippen LogP contribution in [0.1, 0.15) is 42.7 Å². The van der Waals surface area contributed by atoms with E-state index in [1.807, 2.05) is 0 Å². The van der Waals surface area contributed by atoms with Gasteiger partial charge in [-0.05, 0) is 37.5 Å². The van der Waals surface area contributed by atoms with Gasteiger partial charge in [0.15, 0.2) is 11.7 Å². The molecule has 7 nitrogen and oxygen atoms in total. The van der Waals surface area contributed by atoms with E-state index in [4.69, 9.17) is 4.42 Å². The van der Waals surface area contributed by atoms with Gasteiger partial charge in [0.1, 0.15) is 5.69 Å². The first-order valence-corrected chi connectivity index (χ1v) is 11.3. The van der Waals surface area contributed by atoms with Crippen LogP contribution in [0.2, 0.25) is 0 Å². The molecule has 2 amide bonds. The Kier molecular flexibility index (Phi) is 7.13. The largest absolute Gasteiger partial charge is 0.440 e. The third-order valence-corrected chi connectivity index (χ3v) is 6.16. The van der Waals surface area contributed by atoms with Crippen molar-refractivity contribution in [3.8, 4) is 22.6 Å². The lowest BCUT2D eigenvalue weighted by atomic mass is 9.97. The van der Waals surface area contributed by atoms with Gasteiger partial charge in [0.25, 0.3) is 0 Å². The molecule has 0 unspecified atom stereocenters. The van der Waals surface area contributed by atoms with E-state index in [1.54, 1.807) is 36.1 Å². The molecule has 10 heteroatoms. The summed E-state index contributed by atoms with van der Waals surface area (Å²) in [6.45, 7) is 2.58. The van der Waals surface area contributed by atoms with Crippen molar-refractivity contribution in [1.29, 1.82) is 0 Å². The third kappa shape index (κ3) is 5.33. The maximum atomic E-state index is 13.0. The van der Waals surface area contributed by atoms with Crippen molar-refractivity contribution in [2.45, 2.75) is 38.5 Å². The minimum absolute atomic E-state index is 0.0912. The molecule has 2 aromatic carbocycles. The van der Waals surface area contributed by atoms with Gasteiger partial charge >= 0.3 is 12.2 Å². The second kappa shape index (κ2) is 10.1. The number of carbonyl (C=O) groups excluding carboxylic acids is 1. The Morgan fingerprint density at radius 2 is 1.69 bits per heavy atom. The molecule has 2 heterocycles. The Morgan fingerprint density at radius 1 is 1.09 bits per heavy atom. The standard InChI is InChI=1S/C25H26F3N3O4/c1-2-31(34)24(33)30-13-11-19(12-14-30)23-29-21(17-7-9-20(10-8-17)25(26,27)28)22(35-23)18-5-3-16(15-32)4-6-18/h3-10,19,32,34H,2,11-15H2,1H3. The number of carbonyl (C=O) groups is 1. The number of nitrogens with zero attached hydrogens (tertiary/aromatic N) is 3. The fourth-order valence-corrected chi connectivity index (χ4v) is 4.10. The lowest BCUT2D eigenvalue weighted by molar-refractivity contribution is -0.137. The molecule has 1 saturated heterocycles. The molecule has 1 aromatic heterocycles. The van der Waals surface area contributed by atoms with Gasteiger partial charge in [0.05, 0.1) is 12.2 Å². The number of halogens is 3. The summed E-state index contributed by atoms with van der Waals surface area (Å²) in [7, 11) is 0. The molecule has 1 aliphatic heterocycles. The molecule has 0 spiro atoms. The van der Waals surface area contributed by atoms with E-state index in [0.717, 1.165) is 12.1 Å². The van der Waals surface area contributed by atoms with Crippen LogP contribution in [0.3, 0.4) is 0 Å². The zero-order valence-electron chi connectivity index (χ0n) is 19.1. The van der Waals surface area contributed by atoms with Gasteiger partial charge in [0.2, 0.25) is 0 Å². The minimum Gasteiger partial charge on any atom is -0.440 e. The molecule has 2 N–H and O–H groups in total. The highest BCUT2D eigenvalue weighted by molar-refractivity contribution is 5.77. The highest BCUT2D eigenvalue weighted by Gasteiger charge is 2.32. The normalized spacial score (nSPS) is 14.9. The average molecular weight is 489 g/mol. The number of aliphatic hydroxyl groups excluding tert-OH is 1. The number of urea groups is 1. The van der Waals surface area contributed by atoms with Crippen LogP contribution in [0.5, 0.6) is 0 Å². The summed E-state index contributed by atoms with van der Waals surface area (Å²) in [5.41, 5.74) is 1.56. The fourth-order valence-electron chi connectivity index (χ4n) is 4.10.